The predicted octanol–water partition coefficient (Wildman–Crippen LogP) is 3.02. The van der Waals surface area contributed by atoms with Gasteiger partial charge in [-0.2, -0.15) is 0 Å². The van der Waals surface area contributed by atoms with Crippen molar-refractivity contribution in [1.82, 2.24) is 14.6 Å². The number of halogens is 1. The second-order valence-corrected chi connectivity index (χ2v) is 6.42. The summed E-state index contributed by atoms with van der Waals surface area (Å²) in [7, 11) is 0. The molecule has 0 spiro atoms. The van der Waals surface area contributed by atoms with Gasteiger partial charge >= 0.3 is 0 Å². The molecule has 0 atom stereocenters. The molecule has 0 aliphatic carbocycles. The van der Waals surface area contributed by atoms with Crippen LogP contribution in [0.3, 0.4) is 0 Å². The van der Waals surface area contributed by atoms with E-state index in [1.807, 2.05) is 54.6 Å². The lowest BCUT2D eigenvalue weighted by Gasteiger charge is -1.95. The lowest BCUT2D eigenvalue weighted by molar-refractivity contribution is 1.09. The van der Waals surface area contributed by atoms with Gasteiger partial charge in [-0.1, -0.05) is 65.4 Å². The van der Waals surface area contributed by atoms with E-state index >= 15 is 0 Å². The van der Waals surface area contributed by atoms with E-state index in [2.05, 4.69) is 10.2 Å². The number of aromatic nitrogens is 3. The van der Waals surface area contributed by atoms with Crippen LogP contribution in [-0.2, 0) is 0 Å². The Bertz CT molecular complexity index is 1100. The molecule has 0 radical (unpaired) electrons. The van der Waals surface area contributed by atoms with Crippen molar-refractivity contribution < 1.29 is 0 Å². The van der Waals surface area contributed by atoms with E-state index in [4.69, 9.17) is 11.6 Å². The van der Waals surface area contributed by atoms with Gasteiger partial charge in [0.15, 0.2) is 5.82 Å². The van der Waals surface area contributed by atoms with Crippen molar-refractivity contribution in [1.29, 1.82) is 0 Å². The molecule has 0 unspecified atom stereocenters. The Balaban J connectivity index is 1.93. The van der Waals surface area contributed by atoms with Crippen LogP contribution in [0.25, 0.3) is 22.4 Å². The fourth-order valence-corrected chi connectivity index (χ4v) is 3.50. The number of hydrogen-bond donors (Lipinski definition) is 0. The van der Waals surface area contributed by atoms with Crippen molar-refractivity contribution in [2.45, 2.75) is 0 Å². The molecule has 4 aromatic rings. The summed E-state index contributed by atoms with van der Waals surface area (Å²) in [6.45, 7) is 0. The predicted molar refractivity (Wildman–Crippen MR) is 92.8 cm³/mol. The summed E-state index contributed by atoms with van der Waals surface area (Å²) >= 11 is 7.31. The maximum Gasteiger partial charge on any atom is 0.276 e. The van der Waals surface area contributed by atoms with Crippen LogP contribution >= 0.6 is 22.9 Å². The van der Waals surface area contributed by atoms with E-state index in [0.717, 1.165) is 11.1 Å². The van der Waals surface area contributed by atoms with Crippen LogP contribution < -0.4 is 10.1 Å². The number of benzene rings is 2. The van der Waals surface area contributed by atoms with E-state index in [9.17, 15) is 4.79 Å². The zero-order valence-electron chi connectivity index (χ0n) is 11.8. The summed E-state index contributed by atoms with van der Waals surface area (Å²) in [6, 6.07) is 16.9. The zero-order valence-corrected chi connectivity index (χ0v) is 13.4. The van der Waals surface area contributed by atoms with Gasteiger partial charge in [-0.05, 0) is 23.8 Å². The Morgan fingerprint density at radius 3 is 2.65 bits per heavy atom. The van der Waals surface area contributed by atoms with Crippen molar-refractivity contribution in [3.8, 4) is 11.4 Å². The minimum absolute atomic E-state index is 0.117. The van der Waals surface area contributed by atoms with Gasteiger partial charge in [0.05, 0.1) is 4.53 Å². The lowest BCUT2D eigenvalue weighted by atomic mass is 10.2. The van der Waals surface area contributed by atoms with Crippen LogP contribution in [0.1, 0.15) is 5.56 Å². The summed E-state index contributed by atoms with van der Waals surface area (Å²) < 4.78 is 2.16. The molecule has 0 bridgehead atoms. The summed E-state index contributed by atoms with van der Waals surface area (Å²) in [5.41, 5.74) is 1.63. The molecule has 0 aliphatic rings. The Hall–Kier alpha value is -2.50. The van der Waals surface area contributed by atoms with Crippen LogP contribution in [-0.4, -0.2) is 14.6 Å². The molecule has 23 heavy (non-hydrogen) atoms. The summed E-state index contributed by atoms with van der Waals surface area (Å²) in [5, 5.41) is 8.90. The van der Waals surface area contributed by atoms with Gasteiger partial charge in [-0.3, -0.25) is 4.79 Å². The second-order valence-electron chi connectivity index (χ2n) is 4.98. The monoisotopic (exact) mass is 339 g/mol. The highest BCUT2D eigenvalue weighted by Gasteiger charge is 2.13. The van der Waals surface area contributed by atoms with E-state index in [-0.39, 0.29) is 5.56 Å². The molecule has 0 N–H and O–H groups in total. The second kappa shape index (κ2) is 5.61. The minimum Gasteiger partial charge on any atom is -0.267 e. The lowest BCUT2D eigenvalue weighted by Crippen LogP contribution is -2.23. The quantitative estimate of drug-likeness (QED) is 0.564. The van der Waals surface area contributed by atoms with Crippen LogP contribution in [0, 0.1) is 0 Å². The van der Waals surface area contributed by atoms with Crippen molar-refractivity contribution >= 4 is 34.0 Å². The standard InChI is InChI=1S/C17H10ClN3OS/c18-13-8-4-5-11(9-13)10-14-16(22)21-15(19-20-17(21)23-14)12-6-2-1-3-7-12/h1-10H. The fourth-order valence-electron chi connectivity index (χ4n) is 2.38. The highest BCUT2D eigenvalue weighted by Crippen LogP contribution is 2.17. The number of hydrogen-bond acceptors (Lipinski definition) is 4. The summed E-state index contributed by atoms with van der Waals surface area (Å²) in [4.78, 5) is 13.3. The average molecular weight is 340 g/mol. The zero-order chi connectivity index (χ0) is 15.8. The van der Waals surface area contributed by atoms with Gasteiger partial charge in [-0.15, -0.1) is 10.2 Å². The highest BCUT2D eigenvalue weighted by atomic mass is 35.5. The molecule has 6 heteroatoms. The van der Waals surface area contributed by atoms with Gasteiger partial charge in [0, 0.05) is 10.6 Å². The SMILES string of the molecule is O=c1c(=Cc2cccc(Cl)c2)sc2nnc(-c3ccccc3)n12. The van der Waals surface area contributed by atoms with Crippen molar-refractivity contribution in [3.05, 3.63) is 80.1 Å². The molecule has 4 rings (SSSR count). The van der Waals surface area contributed by atoms with Crippen LogP contribution in [0.5, 0.6) is 0 Å². The smallest absolute Gasteiger partial charge is 0.267 e. The molecule has 4 nitrogen and oxygen atoms in total. The topological polar surface area (TPSA) is 47.3 Å². The van der Waals surface area contributed by atoms with E-state index in [0.29, 0.717) is 20.3 Å². The van der Waals surface area contributed by atoms with Gasteiger partial charge in [0.2, 0.25) is 4.96 Å². The first-order valence-corrected chi connectivity index (χ1v) is 8.12. The molecule has 2 aromatic heterocycles. The van der Waals surface area contributed by atoms with Gasteiger partial charge in [0.1, 0.15) is 0 Å². The number of fused-ring (bicyclic) bond motifs is 1. The third-order valence-corrected chi connectivity index (χ3v) is 4.62. The normalized spacial score (nSPS) is 12.1. The molecule has 0 saturated carbocycles. The molecule has 0 aliphatic heterocycles. The first kappa shape index (κ1) is 14.1. The molecular weight excluding hydrogens is 330 g/mol. The number of thiazole rings is 1. The van der Waals surface area contributed by atoms with Crippen molar-refractivity contribution in [2.24, 2.45) is 0 Å². The first-order valence-electron chi connectivity index (χ1n) is 6.93. The third-order valence-electron chi connectivity index (χ3n) is 3.43. The summed E-state index contributed by atoms with van der Waals surface area (Å²) in [5.74, 6) is 0.563. The van der Waals surface area contributed by atoms with Crippen LogP contribution in [0.2, 0.25) is 5.02 Å². The molecule has 2 heterocycles. The van der Waals surface area contributed by atoms with Crippen LogP contribution in [0.15, 0.2) is 59.4 Å². The Labute approximate surface area is 140 Å². The van der Waals surface area contributed by atoms with Crippen molar-refractivity contribution in [3.63, 3.8) is 0 Å². The maximum absolute atomic E-state index is 12.7. The molecule has 0 fully saturated rings. The molecular formula is C17H10ClN3OS. The Kier molecular flexibility index (Phi) is 3.44. The molecule has 0 amide bonds. The van der Waals surface area contributed by atoms with E-state index in [1.165, 1.54) is 11.3 Å². The highest BCUT2D eigenvalue weighted by molar-refractivity contribution is 7.15. The Morgan fingerprint density at radius 1 is 1.04 bits per heavy atom. The van der Waals surface area contributed by atoms with Gasteiger partial charge in [-0.25, -0.2) is 4.40 Å². The number of nitrogens with zero attached hydrogens (tertiary/aromatic N) is 3. The maximum atomic E-state index is 12.7. The Morgan fingerprint density at radius 2 is 1.87 bits per heavy atom. The van der Waals surface area contributed by atoms with Crippen molar-refractivity contribution in [2.75, 3.05) is 0 Å². The van der Waals surface area contributed by atoms with Crippen LogP contribution in [0.4, 0.5) is 0 Å². The first-order chi connectivity index (χ1) is 11.2. The number of rotatable bonds is 2. The molecule has 112 valence electrons. The fraction of sp³-hybridized carbons (Fsp3) is 0. The van der Waals surface area contributed by atoms with E-state index in [1.54, 1.807) is 10.5 Å². The largest absolute Gasteiger partial charge is 0.276 e. The van der Waals surface area contributed by atoms with Gasteiger partial charge in [0.25, 0.3) is 5.56 Å². The average Bonchev–Trinajstić information content (AvgIpc) is 3.10. The van der Waals surface area contributed by atoms with Gasteiger partial charge < -0.3 is 0 Å². The minimum atomic E-state index is -0.117. The molecule has 0 saturated heterocycles. The van der Waals surface area contributed by atoms with E-state index < -0.39 is 0 Å². The molecule has 2 aromatic carbocycles. The third kappa shape index (κ3) is 2.54. The summed E-state index contributed by atoms with van der Waals surface area (Å²) in [6.07, 6.45) is 1.82.